The van der Waals surface area contributed by atoms with Gasteiger partial charge in [0.1, 0.15) is 6.10 Å². The number of carbonyl (C=O) groups excluding carboxylic acids is 1. The van der Waals surface area contributed by atoms with Crippen LogP contribution in [0.25, 0.3) is 0 Å². The molecule has 0 saturated carbocycles. The van der Waals surface area contributed by atoms with Crippen molar-refractivity contribution in [1.29, 1.82) is 0 Å². The molecule has 0 amide bonds. The van der Waals surface area contributed by atoms with Crippen LogP contribution in [0.3, 0.4) is 0 Å². The van der Waals surface area contributed by atoms with Gasteiger partial charge in [0, 0.05) is 0 Å². The van der Waals surface area contributed by atoms with Crippen LogP contribution >= 0.6 is 0 Å². The van der Waals surface area contributed by atoms with Crippen LogP contribution in [0.2, 0.25) is 25.2 Å². The van der Waals surface area contributed by atoms with Gasteiger partial charge in [0.15, 0.2) is 0 Å². The average molecular weight is 172 g/mol. The molecule has 1 aliphatic rings. The van der Waals surface area contributed by atoms with E-state index >= 15 is 0 Å². The number of ether oxygens (including phenoxy) is 1. The molecule has 0 radical (unpaired) electrons. The third kappa shape index (κ3) is 1.48. The molecule has 0 aromatic carbocycles. The molecule has 2 nitrogen and oxygen atoms in total. The van der Waals surface area contributed by atoms with Crippen molar-refractivity contribution in [3.63, 3.8) is 0 Å². The first-order chi connectivity index (χ1) is 4.96. The second-order valence-corrected chi connectivity index (χ2v) is 9.58. The molecular formula is C8H16O2Si. The van der Waals surface area contributed by atoms with E-state index in [1.54, 1.807) is 0 Å². The number of cyclic esters (lactones) is 1. The van der Waals surface area contributed by atoms with E-state index in [0.29, 0.717) is 0 Å². The van der Waals surface area contributed by atoms with Crippen LogP contribution < -0.4 is 0 Å². The van der Waals surface area contributed by atoms with Crippen LogP contribution in [0.5, 0.6) is 0 Å². The van der Waals surface area contributed by atoms with Crippen molar-refractivity contribution in [3.05, 3.63) is 0 Å². The molecule has 0 bridgehead atoms. The Morgan fingerprint density at radius 2 is 2.00 bits per heavy atom. The average Bonchev–Trinajstić information content (AvgIpc) is 1.77. The minimum absolute atomic E-state index is 0.0380. The second kappa shape index (κ2) is 2.63. The van der Waals surface area contributed by atoms with Crippen LogP contribution in [0.1, 0.15) is 13.3 Å². The van der Waals surface area contributed by atoms with E-state index in [1.165, 1.54) is 0 Å². The highest BCUT2D eigenvalue weighted by Crippen LogP contribution is 2.38. The minimum Gasteiger partial charge on any atom is -0.462 e. The molecule has 64 valence electrons. The fourth-order valence-corrected chi connectivity index (χ4v) is 3.79. The molecule has 1 heterocycles. The number of esters is 1. The zero-order valence-corrected chi connectivity index (χ0v) is 8.68. The van der Waals surface area contributed by atoms with Crippen molar-refractivity contribution in [3.8, 4) is 0 Å². The van der Waals surface area contributed by atoms with Gasteiger partial charge in [0.25, 0.3) is 0 Å². The van der Waals surface area contributed by atoms with Gasteiger partial charge in [0.2, 0.25) is 0 Å². The highest BCUT2D eigenvalue weighted by atomic mass is 28.3. The molecule has 2 atom stereocenters. The molecule has 1 fully saturated rings. The predicted octanol–water partition coefficient (Wildman–Crippen LogP) is 2.03. The Labute approximate surface area is 68.9 Å². The standard InChI is InChI=1S/C8H16O2Si/c1-5-6-7(8(9)10-6)11(2,3)4/h6-7H,5H2,1-4H3. The topological polar surface area (TPSA) is 26.3 Å². The van der Waals surface area contributed by atoms with E-state index in [4.69, 9.17) is 4.74 Å². The lowest BCUT2D eigenvalue weighted by molar-refractivity contribution is -0.169. The first-order valence-electron chi connectivity index (χ1n) is 4.17. The molecule has 3 heteroatoms. The van der Waals surface area contributed by atoms with Gasteiger partial charge in [-0.2, -0.15) is 0 Å². The molecule has 0 aromatic rings. The minimum atomic E-state index is -1.30. The number of rotatable bonds is 2. The highest BCUT2D eigenvalue weighted by molar-refractivity contribution is 6.81. The molecule has 11 heavy (non-hydrogen) atoms. The summed E-state index contributed by atoms with van der Waals surface area (Å²) in [6.45, 7) is 8.74. The van der Waals surface area contributed by atoms with Crippen LogP contribution in [0, 0.1) is 0 Å². The van der Waals surface area contributed by atoms with Crippen LogP contribution in [0.4, 0.5) is 0 Å². The third-order valence-corrected chi connectivity index (χ3v) is 4.70. The summed E-state index contributed by atoms with van der Waals surface area (Å²) in [5.41, 5.74) is 0.257. The van der Waals surface area contributed by atoms with E-state index in [9.17, 15) is 4.79 Å². The number of hydrogen-bond acceptors (Lipinski definition) is 2. The summed E-state index contributed by atoms with van der Waals surface area (Å²) in [6.07, 6.45) is 1.20. The summed E-state index contributed by atoms with van der Waals surface area (Å²) in [4.78, 5) is 11.1. The number of hydrogen-bond donors (Lipinski definition) is 0. The smallest absolute Gasteiger partial charge is 0.310 e. The van der Waals surface area contributed by atoms with E-state index in [1.807, 2.05) is 0 Å². The molecule has 0 aromatic heterocycles. The SMILES string of the molecule is CCC1OC(=O)C1[Si](C)(C)C. The zero-order valence-electron chi connectivity index (χ0n) is 7.68. The maximum atomic E-state index is 11.1. The molecule has 1 saturated heterocycles. The van der Waals surface area contributed by atoms with Crippen LogP contribution in [-0.2, 0) is 9.53 Å². The Morgan fingerprint density at radius 1 is 1.45 bits per heavy atom. The van der Waals surface area contributed by atoms with Gasteiger partial charge < -0.3 is 4.74 Å². The lowest BCUT2D eigenvalue weighted by Gasteiger charge is -2.41. The van der Waals surface area contributed by atoms with Gasteiger partial charge in [-0.3, -0.25) is 4.79 Å². The molecule has 2 unspecified atom stereocenters. The monoisotopic (exact) mass is 172 g/mol. The van der Waals surface area contributed by atoms with Crippen molar-refractivity contribution in [2.45, 2.75) is 44.6 Å². The Bertz CT molecular complexity index is 171. The normalized spacial score (nSPS) is 31.1. The third-order valence-electron chi connectivity index (χ3n) is 2.23. The zero-order chi connectivity index (χ0) is 8.65. The highest BCUT2D eigenvalue weighted by Gasteiger charge is 2.49. The molecular weight excluding hydrogens is 156 g/mol. The van der Waals surface area contributed by atoms with Crippen LogP contribution in [-0.4, -0.2) is 20.1 Å². The lowest BCUT2D eigenvalue weighted by atomic mass is 10.1. The van der Waals surface area contributed by atoms with Gasteiger partial charge in [-0.25, -0.2) is 0 Å². The first-order valence-corrected chi connectivity index (χ1v) is 7.75. The van der Waals surface area contributed by atoms with Crippen molar-refractivity contribution < 1.29 is 9.53 Å². The van der Waals surface area contributed by atoms with Gasteiger partial charge in [-0.15, -0.1) is 0 Å². The van der Waals surface area contributed by atoms with Crippen molar-refractivity contribution in [1.82, 2.24) is 0 Å². The maximum Gasteiger partial charge on any atom is 0.310 e. The molecule has 0 spiro atoms. The summed E-state index contributed by atoms with van der Waals surface area (Å²) in [6, 6.07) is 0. The second-order valence-electron chi connectivity index (χ2n) is 4.23. The Morgan fingerprint density at radius 3 is 2.18 bits per heavy atom. The van der Waals surface area contributed by atoms with Crippen molar-refractivity contribution in [2.75, 3.05) is 0 Å². The molecule has 0 N–H and O–H groups in total. The van der Waals surface area contributed by atoms with Crippen molar-refractivity contribution >= 4 is 14.0 Å². The summed E-state index contributed by atoms with van der Waals surface area (Å²) in [5.74, 6) is 0.0380. The largest absolute Gasteiger partial charge is 0.462 e. The lowest BCUT2D eigenvalue weighted by Crippen LogP contribution is -2.52. The van der Waals surface area contributed by atoms with Gasteiger partial charge in [0.05, 0.1) is 13.6 Å². The van der Waals surface area contributed by atoms with E-state index in [-0.39, 0.29) is 17.6 Å². The molecule has 1 aliphatic heterocycles. The van der Waals surface area contributed by atoms with Crippen molar-refractivity contribution in [2.24, 2.45) is 0 Å². The Kier molecular flexibility index (Phi) is 2.10. The maximum absolute atomic E-state index is 11.1. The Hall–Kier alpha value is -0.313. The fourth-order valence-electron chi connectivity index (χ4n) is 1.60. The van der Waals surface area contributed by atoms with Gasteiger partial charge in [-0.1, -0.05) is 26.6 Å². The summed E-state index contributed by atoms with van der Waals surface area (Å²) >= 11 is 0. The summed E-state index contributed by atoms with van der Waals surface area (Å²) < 4.78 is 5.02. The number of carbonyl (C=O) groups is 1. The van der Waals surface area contributed by atoms with Gasteiger partial charge >= 0.3 is 5.97 Å². The Balaban J connectivity index is 2.63. The molecule has 1 rings (SSSR count). The van der Waals surface area contributed by atoms with E-state index in [2.05, 4.69) is 26.6 Å². The first kappa shape index (κ1) is 8.78. The fraction of sp³-hybridized carbons (Fsp3) is 0.875. The van der Waals surface area contributed by atoms with E-state index < -0.39 is 8.07 Å². The quantitative estimate of drug-likeness (QED) is 0.470. The summed E-state index contributed by atoms with van der Waals surface area (Å²) in [5, 5.41) is 0. The molecule has 0 aliphatic carbocycles. The predicted molar refractivity (Wildman–Crippen MR) is 47.3 cm³/mol. The van der Waals surface area contributed by atoms with Gasteiger partial charge in [-0.05, 0) is 6.42 Å². The van der Waals surface area contributed by atoms with E-state index in [0.717, 1.165) is 6.42 Å². The van der Waals surface area contributed by atoms with Crippen LogP contribution in [0.15, 0.2) is 0 Å². The summed E-state index contributed by atoms with van der Waals surface area (Å²) in [7, 11) is -1.30.